The Kier molecular flexibility index (Phi) is 5.86. The summed E-state index contributed by atoms with van der Waals surface area (Å²) in [6.07, 6.45) is 0. The van der Waals surface area contributed by atoms with Gasteiger partial charge in [0.25, 0.3) is 10.0 Å². The summed E-state index contributed by atoms with van der Waals surface area (Å²) in [6, 6.07) is 51.3. The first-order valence-electron chi connectivity index (χ1n) is 16.1. The molecule has 10 rings (SSSR count). The summed E-state index contributed by atoms with van der Waals surface area (Å²) in [4.78, 5) is 10.8. The van der Waals surface area contributed by atoms with Gasteiger partial charge in [0.2, 0.25) is 5.95 Å². The lowest BCUT2D eigenvalue weighted by molar-refractivity contribution is 0.596. The van der Waals surface area contributed by atoms with E-state index in [-0.39, 0.29) is 4.90 Å². The molecule has 0 saturated carbocycles. The van der Waals surface area contributed by atoms with E-state index in [0.717, 1.165) is 60.3 Å². The van der Waals surface area contributed by atoms with Gasteiger partial charge in [-0.2, -0.15) is 0 Å². The van der Waals surface area contributed by atoms with Crippen LogP contribution < -0.4 is 4.31 Å². The number of fused-ring (bicyclic) bond motifs is 11. The molecular formula is C42H26N4O2S. The summed E-state index contributed by atoms with van der Waals surface area (Å²) in [5, 5.41) is 4.86. The zero-order valence-corrected chi connectivity index (χ0v) is 26.8. The largest absolute Gasteiger partial charge is 0.276 e. The second-order valence-electron chi connectivity index (χ2n) is 12.2. The van der Waals surface area contributed by atoms with Crippen molar-refractivity contribution in [2.24, 2.45) is 0 Å². The number of para-hydroxylation sites is 3. The number of hydrogen-bond acceptors (Lipinski definition) is 4. The summed E-state index contributed by atoms with van der Waals surface area (Å²) in [5.74, 6) is 0.463. The number of nitrogens with zero attached hydrogens (tertiary/aromatic N) is 4. The molecule has 1 aliphatic rings. The molecule has 0 amide bonds. The molecule has 0 unspecified atom stereocenters. The zero-order chi connectivity index (χ0) is 32.7. The number of benzene rings is 7. The van der Waals surface area contributed by atoms with Crippen molar-refractivity contribution >= 4 is 64.9 Å². The maximum atomic E-state index is 14.9. The van der Waals surface area contributed by atoms with Crippen LogP contribution in [-0.2, 0) is 10.0 Å². The number of anilines is 2. The molecule has 0 aliphatic carbocycles. The number of rotatable bonds is 3. The predicted molar refractivity (Wildman–Crippen MR) is 198 cm³/mol. The first-order chi connectivity index (χ1) is 24.1. The normalized spacial score (nSPS) is 13.6. The van der Waals surface area contributed by atoms with Crippen molar-refractivity contribution in [2.75, 3.05) is 4.31 Å². The van der Waals surface area contributed by atoms with Crippen LogP contribution in [0.2, 0.25) is 0 Å². The fraction of sp³-hybridized carbons (Fsp3) is 0. The van der Waals surface area contributed by atoms with Crippen molar-refractivity contribution in [1.82, 2.24) is 14.5 Å². The third kappa shape index (κ3) is 3.90. The number of aromatic nitrogens is 3. The average Bonchev–Trinajstić information content (AvgIpc) is 3.51. The molecule has 0 bridgehead atoms. The second-order valence-corrected chi connectivity index (χ2v) is 14.0. The molecule has 232 valence electrons. The van der Waals surface area contributed by atoms with Gasteiger partial charge < -0.3 is 0 Å². The molecule has 0 fully saturated rings. The Labute approximate surface area is 282 Å². The molecule has 0 atom stereocenters. The van der Waals surface area contributed by atoms with E-state index in [4.69, 9.17) is 9.97 Å². The second kappa shape index (κ2) is 10.3. The standard InChI is InChI=1S/C42H26N4O2S/c47-49(48)36-26-14-11-23-33(36)38-30-20-8-7-19-29(30)37-32-22-10-13-25-35(32)45(40(37)41(38)46(49)28-17-5-2-6-18-28)42-43-34-24-12-9-21-31(34)39(44-42)27-15-3-1-4-16-27/h1-26H. The lowest BCUT2D eigenvalue weighted by Crippen LogP contribution is -2.31. The highest BCUT2D eigenvalue weighted by molar-refractivity contribution is 7.93. The van der Waals surface area contributed by atoms with Gasteiger partial charge in [-0.05, 0) is 41.1 Å². The lowest BCUT2D eigenvalue weighted by atomic mass is 9.92. The first kappa shape index (κ1) is 27.8. The maximum Gasteiger partial charge on any atom is 0.269 e. The zero-order valence-electron chi connectivity index (χ0n) is 26.0. The SMILES string of the molecule is O=S1(=O)c2ccccc2-c2c(c3c(c4ccccc24)c2ccccc2n3-c2nc(-c3ccccc3)c3ccccc3n2)N1c1ccccc1. The number of hydrogen-bond donors (Lipinski definition) is 0. The maximum absolute atomic E-state index is 14.9. The molecule has 6 nitrogen and oxygen atoms in total. The van der Waals surface area contributed by atoms with Gasteiger partial charge in [0.1, 0.15) is 0 Å². The van der Waals surface area contributed by atoms with E-state index >= 15 is 0 Å². The van der Waals surface area contributed by atoms with E-state index < -0.39 is 10.0 Å². The third-order valence-corrected chi connectivity index (χ3v) is 11.3. The monoisotopic (exact) mass is 650 g/mol. The van der Waals surface area contributed by atoms with E-state index in [1.165, 1.54) is 4.31 Å². The van der Waals surface area contributed by atoms with Gasteiger partial charge in [0.15, 0.2) is 0 Å². The number of sulfonamides is 1. The minimum absolute atomic E-state index is 0.270. The van der Waals surface area contributed by atoms with Crippen LogP contribution in [-0.4, -0.2) is 23.0 Å². The van der Waals surface area contributed by atoms with Gasteiger partial charge in [-0.15, -0.1) is 0 Å². The third-order valence-electron chi connectivity index (χ3n) is 9.51. The van der Waals surface area contributed by atoms with Gasteiger partial charge in [0, 0.05) is 32.8 Å². The fourth-order valence-corrected chi connectivity index (χ4v) is 9.22. The van der Waals surface area contributed by atoms with Gasteiger partial charge in [-0.1, -0.05) is 127 Å². The Balaban J connectivity index is 1.47. The smallest absolute Gasteiger partial charge is 0.269 e. The Hall–Kier alpha value is -6.31. The Morgan fingerprint density at radius 2 is 1.14 bits per heavy atom. The molecule has 3 heterocycles. The van der Waals surface area contributed by atoms with Crippen LogP contribution >= 0.6 is 0 Å². The van der Waals surface area contributed by atoms with Crippen molar-refractivity contribution in [3.8, 4) is 28.3 Å². The molecule has 49 heavy (non-hydrogen) atoms. The van der Waals surface area contributed by atoms with E-state index in [9.17, 15) is 8.42 Å². The summed E-state index contributed by atoms with van der Waals surface area (Å²) in [6.45, 7) is 0. The van der Waals surface area contributed by atoms with Crippen LogP contribution in [0.25, 0.3) is 71.8 Å². The molecular weight excluding hydrogens is 625 g/mol. The van der Waals surface area contributed by atoms with E-state index in [2.05, 4.69) is 41.0 Å². The molecule has 0 saturated heterocycles. The lowest BCUT2D eigenvalue weighted by Gasteiger charge is -2.34. The summed E-state index contributed by atoms with van der Waals surface area (Å²) < 4.78 is 33.4. The molecule has 0 N–H and O–H groups in total. The minimum atomic E-state index is -4.05. The Morgan fingerprint density at radius 1 is 0.531 bits per heavy atom. The fourth-order valence-electron chi connectivity index (χ4n) is 7.51. The topological polar surface area (TPSA) is 68.1 Å². The molecule has 7 aromatic carbocycles. The summed E-state index contributed by atoms with van der Waals surface area (Å²) in [5.41, 5.74) is 6.83. The summed E-state index contributed by atoms with van der Waals surface area (Å²) >= 11 is 0. The first-order valence-corrected chi connectivity index (χ1v) is 17.6. The van der Waals surface area contributed by atoms with Crippen LogP contribution in [0.15, 0.2) is 163 Å². The average molecular weight is 651 g/mol. The Morgan fingerprint density at radius 3 is 1.94 bits per heavy atom. The highest BCUT2D eigenvalue weighted by Crippen LogP contribution is 2.55. The molecule has 1 aliphatic heterocycles. The highest BCUT2D eigenvalue weighted by Gasteiger charge is 2.40. The van der Waals surface area contributed by atoms with E-state index in [1.807, 2.05) is 109 Å². The van der Waals surface area contributed by atoms with Crippen molar-refractivity contribution in [3.05, 3.63) is 158 Å². The van der Waals surface area contributed by atoms with Gasteiger partial charge >= 0.3 is 0 Å². The Bertz CT molecular complexity index is 2900. The molecule has 0 spiro atoms. The van der Waals surface area contributed by atoms with Gasteiger partial charge in [-0.25, -0.2) is 22.7 Å². The molecule has 7 heteroatoms. The van der Waals surface area contributed by atoms with Crippen LogP contribution in [0.5, 0.6) is 0 Å². The van der Waals surface area contributed by atoms with Gasteiger partial charge in [-0.3, -0.25) is 4.57 Å². The molecule has 9 aromatic rings. The van der Waals surface area contributed by atoms with Crippen LogP contribution in [0.4, 0.5) is 11.4 Å². The van der Waals surface area contributed by atoms with Crippen LogP contribution in [0.3, 0.4) is 0 Å². The van der Waals surface area contributed by atoms with Crippen molar-refractivity contribution in [1.29, 1.82) is 0 Å². The highest BCUT2D eigenvalue weighted by atomic mass is 32.2. The minimum Gasteiger partial charge on any atom is -0.276 e. The van der Waals surface area contributed by atoms with Crippen LogP contribution in [0, 0.1) is 0 Å². The summed E-state index contributed by atoms with van der Waals surface area (Å²) in [7, 11) is -4.05. The van der Waals surface area contributed by atoms with Crippen molar-refractivity contribution in [2.45, 2.75) is 4.90 Å². The molecule has 2 aromatic heterocycles. The predicted octanol–water partition coefficient (Wildman–Crippen LogP) is 10.1. The van der Waals surface area contributed by atoms with Crippen molar-refractivity contribution in [3.63, 3.8) is 0 Å². The van der Waals surface area contributed by atoms with Gasteiger partial charge in [0.05, 0.1) is 38.5 Å². The van der Waals surface area contributed by atoms with Crippen molar-refractivity contribution < 1.29 is 8.42 Å². The van der Waals surface area contributed by atoms with Crippen LogP contribution in [0.1, 0.15) is 0 Å². The molecule has 0 radical (unpaired) electrons. The van der Waals surface area contributed by atoms with E-state index in [0.29, 0.717) is 22.9 Å². The quantitative estimate of drug-likeness (QED) is 0.191. The van der Waals surface area contributed by atoms with E-state index in [1.54, 1.807) is 12.1 Å².